The van der Waals surface area contributed by atoms with E-state index in [1.807, 2.05) is 19.9 Å². The molecule has 1 aromatic carbocycles. The Labute approximate surface area is 117 Å². The molecule has 0 N–H and O–H groups in total. The van der Waals surface area contributed by atoms with Crippen LogP contribution in [0.15, 0.2) is 35.4 Å². The number of carbonyl (C=O) groups excluding carboxylic acids is 1. The molecule has 2 aromatic rings. The Kier molecular flexibility index (Phi) is 4.17. The van der Waals surface area contributed by atoms with E-state index in [4.69, 9.17) is 4.74 Å². The highest BCUT2D eigenvalue weighted by molar-refractivity contribution is 5.78. The molecule has 0 fully saturated rings. The molecule has 1 aromatic heterocycles. The number of para-hydroxylation sites is 1. The van der Waals surface area contributed by atoms with Gasteiger partial charge in [0, 0.05) is 0 Å². The molecule has 20 heavy (non-hydrogen) atoms. The average molecular weight is 274 g/mol. The second-order valence-corrected chi connectivity index (χ2v) is 5.14. The van der Waals surface area contributed by atoms with Crippen LogP contribution >= 0.6 is 0 Å². The first-order chi connectivity index (χ1) is 9.54. The van der Waals surface area contributed by atoms with Gasteiger partial charge in [-0.2, -0.15) is 0 Å². The van der Waals surface area contributed by atoms with Gasteiger partial charge < -0.3 is 4.74 Å². The highest BCUT2D eigenvalue weighted by Crippen LogP contribution is 2.18. The number of ether oxygens (including phenoxy) is 1. The number of nitrogens with zero attached hydrogens (tertiary/aromatic N) is 2. The summed E-state index contributed by atoms with van der Waals surface area (Å²) in [6.45, 7) is 3.99. The quantitative estimate of drug-likeness (QED) is 0.801. The van der Waals surface area contributed by atoms with Crippen LogP contribution in [0, 0.1) is 5.92 Å². The predicted molar refractivity (Wildman–Crippen MR) is 76.5 cm³/mol. The third kappa shape index (κ3) is 2.71. The molecule has 0 unspecified atom stereocenters. The maximum Gasteiger partial charge on any atom is 0.329 e. The van der Waals surface area contributed by atoms with Gasteiger partial charge in [-0.3, -0.25) is 9.36 Å². The van der Waals surface area contributed by atoms with Gasteiger partial charge in [-0.25, -0.2) is 9.78 Å². The van der Waals surface area contributed by atoms with Crippen molar-refractivity contribution in [2.24, 2.45) is 5.92 Å². The Balaban J connectivity index is 2.56. The number of esters is 1. The Morgan fingerprint density at radius 1 is 1.35 bits per heavy atom. The number of aromatic nitrogens is 2. The van der Waals surface area contributed by atoms with Gasteiger partial charge in [0.05, 0.1) is 24.3 Å². The number of fused-ring (bicyclic) bond motifs is 1. The van der Waals surface area contributed by atoms with E-state index >= 15 is 0 Å². The van der Waals surface area contributed by atoms with Crippen molar-refractivity contribution in [3.63, 3.8) is 0 Å². The lowest BCUT2D eigenvalue weighted by Crippen LogP contribution is -2.31. The van der Waals surface area contributed by atoms with Crippen molar-refractivity contribution in [2.45, 2.75) is 26.3 Å². The topological polar surface area (TPSA) is 61.2 Å². The molecule has 0 aliphatic heterocycles. The zero-order chi connectivity index (χ0) is 14.7. The fourth-order valence-corrected chi connectivity index (χ4v) is 2.21. The van der Waals surface area contributed by atoms with Crippen LogP contribution in [-0.2, 0) is 9.53 Å². The zero-order valence-electron chi connectivity index (χ0n) is 11.9. The summed E-state index contributed by atoms with van der Waals surface area (Å²) in [6, 6.07) is 6.46. The van der Waals surface area contributed by atoms with E-state index in [1.165, 1.54) is 18.0 Å². The summed E-state index contributed by atoms with van der Waals surface area (Å²) >= 11 is 0. The molecule has 1 heterocycles. The van der Waals surface area contributed by atoms with Crippen LogP contribution in [0.2, 0.25) is 0 Å². The molecule has 0 saturated heterocycles. The summed E-state index contributed by atoms with van der Waals surface area (Å²) < 4.78 is 6.18. The molecule has 2 rings (SSSR count). The van der Waals surface area contributed by atoms with Crippen LogP contribution in [0.4, 0.5) is 0 Å². The first-order valence-corrected chi connectivity index (χ1v) is 6.58. The minimum Gasteiger partial charge on any atom is -0.467 e. The van der Waals surface area contributed by atoms with E-state index in [1.54, 1.807) is 18.2 Å². The summed E-state index contributed by atoms with van der Waals surface area (Å²) in [6.07, 6.45) is 1.96. The molecule has 0 saturated carbocycles. The van der Waals surface area contributed by atoms with Crippen LogP contribution in [0.5, 0.6) is 0 Å². The van der Waals surface area contributed by atoms with E-state index in [0.29, 0.717) is 17.3 Å². The van der Waals surface area contributed by atoms with Crippen molar-refractivity contribution in [1.29, 1.82) is 0 Å². The van der Waals surface area contributed by atoms with Crippen LogP contribution < -0.4 is 5.56 Å². The third-order valence-electron chi connectivity index (χ3n) is 3.19. The molecule has 5 heteroatoms. The van der Waals surface area contributed by atoms with E-state index in [9.17, 15) is 9.59 Å². The lowest BCUT2D eigenvalue weighted by Gasteiger charge is -2.19. The normalized spacial score (nSPS) is 12.6. The standard InChI is InChI=1S/C15H18N2O3/c1-10(2)8-13(15(19)20-3)17-9-16-12-7-5-4-6-11(12)14(17)18/h4-7,9-10,13H,8H2,1-3H3/t13-/m0/s1. The Morgan fingerprint density at radius 2 is 2.05 bits per heavy atom. The number of methoxy groups -OCH3 is 1. The number of hydrogen-bond acceptors (Lipinski definition) is 4. The lowest BCUT2D eigenvalue weighted by molar-refractivity contribution is -0.145. The van der Waals surface area contributed by atoms with E-state index in [-0.39, 0.29) is 11.5 Å². The molecule has 0 radical (unpaired) electrons. The molecule has 0 spiro atoms. The zero-order valence-corrected chi connectivity index (χ0v) is 11.9. The minimum absolute atomic E-state index is 0.216. The fraction of sp³-hybridized carbons (Fsp3) is 0.400. The van der Waals surface area contributed by atoms with Crippen LogP contribution in [0.1, 0.15) is 26.3 Å². The molecule has 5 nitrogen and oxygen atoms in total. The number of benzene rings is 1. The third-order valence-corrected chi connectivity index (χ3v) is 3.19. The summed E-state index contributed by atoms with van der Waals surface area (Å²) in [5, 5.41) is 0.507. The molecular weight excluding hydrogens is 256 g/mol. The van der Waals surface area contributed by atoms with Gasteiger partial charge in [0.1, 0.15) is 6.04 Å². The van der Waals surface area contributed by atoms with Gasteiger partial charge in [0.2, 0.25) is 0 Å². The number of hydrogen-bond donors (Lipinski definition) is 0. The van der Waals surface area contributed by atoms with Crippen molar-refractivity contribution >= 4 is 16.9 Å². The molecular formula is C15H18N2O3. The van der Waals surface area contributed by atoms with Crippen molar-refractivity contribution in [1.82, 2.24) is 9.55 Å². The van der Waals surface area contributed by atoms with Crippen molar-refractivity contribution in [3.05, 3.63) is 40.9 Å². The average Bonchev–Trinajstić information content (AvgIpc) is 2.45. The van der Waals surface area contributed by atoms with Gasteiger partial charge in [0.15, 0.2) is 0 Å². The molecule has 0 aliphatic rings. The Hall–Kier alpha value is -2.17. The molecule has 0 bridgehead atoms. The van der Waals surface area contributed by atoms with Gasteiger partial charge >= 0.3 is 5.97 Å². The van der Waals surface area contributed by atoms with E-state index in [2.05, 4.69) is 4.98 Å². The molecule has 0 aliphatic carbocycles. The Morgan fingerprint density at radius 3 is 2.70 bits per heavy atom. The highest BCUT2D eigenvalue weighted by atomic mass is 16.5. The predicted octanol–water partition coefficient (Wildman–Crippen LogP) is 2.16. The summed E-state index contributed by atoms with van der Waals surface area (Å²) in [4.78, 5) is 28.7. The maximum absolute atomic E-state index is 12.5. The second-order valence-electron chi connectivity index (χ2n) is 5.14. The second kappa shape index (κ2) is 5.86. The lowest BCUT2D eigenvalue weighted by atomic mass is 10.0. The highest BCUT2D eigenvalue weighted by Gasteiger charge is 2.24. The number of rotatable bonds is 4. The smallest absolute Gasteiger partial charge is 0.329 e. The Bertz CT molecular complexity index is 676. The summed E-state index contributed by atoms with van der Waals surface area (Å²) in [7, 11) is 1.33. The first kappa shape index (κ1) is 14.2. The van der Waals surface area contributed by atoms with Crippen molar-refractivity contribution < 1.29 is 9.53 Å². The minimum atomic E-state index is -0.635. The summed E-state index contributed by atoms with van der Waals surface area (Å²) in [5.41, 5.74) is 0.411. The largest absolute Gasteiger partial charge is 0.467 e. The molecule has 1 atom stereocenters. The van der Waals surface area contributed by atoms with Gasteiger partial charge in [0.25, 0.3) is 5.56 Å². The van der Waals surface area contributed by atoms with Gasteiger partial charge in [-0.1, -0.05) is 26.0 Å². The summed E-state index contributed by atoms with van der Waals surface area (Å²) in [5.74, 6) is -0.157. The molecule has 106 valence electrons. The SMILES string of the molecule is COC(=O)[C@H](CC(C)C)n1cnc2ccccc2c1=O. The van der Waals surface area contributed by atoms with E-state index in [0.717, 1.165) is 0 Å². The first-order valence-electron chi connectivity index (χ1n) is 6.58. The van der Waals surface area contributed by atoms with Gasteiger partial charge in [-0.15, -0.1) is 0 Å². The van der Waals surface area contributed by atoms with Crippen molar-refractivity contribution in [3.8, 4) is 0 Å². The maximum atomic E-state index is 12.5. The molecule has 0 amide bonds. The van der Waals surface area contributed by atoms with Crippen LogP contribution in [0.3, 0.4) is 0 Å². The van der Waals surface area contributed by atoms with Crippen molar-refractivity contribution in [2.75, 3.05) is 7.11 Å². The van der Waals surface area contributed by atoms with Gasteiger partial charge in [-0.05, 0) is 24.5 Å². The van der Waals surface area contributed by atoms with Crippen LogP contribution in [0.25, 0.3) is 10.9 Å². The monoisotopic (exact) mass is 274 g/mol. The number of carbonyl (C=O) groups is 1. The van der Waals surface area contributed by atoms with Crippen LogP contribution in [-0.4, -0.2) is 22.6 Å². The van der Waals surface area contributed by atoms with E-state index < -0.39 is 12.0 Å². The fourth-order valence-electron chi connectivity index (χ4n) is 2.21.